The Kier molecular flexibility index (Phi) is 4.16. The molecule has 1 aromatic heterocycles. The van der Waals surface area contributed by atoms with Crippen molar-refractivity contribution in [3.63, 3.8) is 0 Å². The van der Waals surface area contributed by atoms with Crippen LogP contribution in [0, 0.1) is 0 Å². The van der Waals surface area contributed by atoms with E-state index in [1.54, 1.807) is 0 Å². The van der Waals surface area contributed by atoms with Crippen molar-refractivity contribution >= 4 is 17.7 Å². The van der Waals surface area contributed by atoms with Gasteiger partial charge < -0.3 is 9.84 Å². The topological polar surface area (TPSA) is 90.1 Å². The predicted octanol–water partition coefficient (Wildman–Crippen LogP) is 1.16. The number of rotatable bonds is 5. The van der Waals surface area contributed by atoms with Crippen LogP contribution in [0.1, 0.15) is 17.2 Å². The van der Waals surface area contributed by atoms with Gasteiger partial charge in [0.1, 0.15) is 6.54 Å². The molecule has 7 nitrogen and oxygen atoms in total. The maximum Gasteiger partial charge on any atom is 0.325 e. The summed E-state index contributed by atoms with van der Waals surface area (Å²) < 4.78 is 7.09. The van der Waals surface area contributed by atoms with Gasteiger partial charge in [0.15, 0.2) is 0 Å². The van der Waals surface area contributed by atoms with Crippen molar-refractivity contribution in [2.75, 3.05) is 12.4 Å². The first-order valence-corrected chi connectivity index (χ1v) is 7.53. The molecule has 0 fully saturated rings. The predicted molar refractivity (Wildman–Crippen MR) is 75.0 cm³/mol. The van der Waals surface area contributed by atoms with Gasteiger partial charge in [-0.25, -0.2) is 4.68 Å². The van der Waals surface area contributed by atoms with Crippen molar-refractivity contribution in [1.82, 2.24) is 20.2 Å². The molecule has 0 spiro atoms. The highest BCUT2D eigenvalue weighted by atomic mass is 32.2. The first-order chi connectivity index (χ1) is 10.2. The molecule has 0 saturated heterocycles. The molecule has 0 aliphatic carbocycles. The Morgan fingerprint density at radius 3 is 3.19 bits per heavy atom. The summed E-state index contributed by atoms with van der Waals surface area (Å²) in [4.78, 5) is 10.7. The van der Waals surface area contributed by atoms with Crippen LogP contribution in [0.4, 0.5) is 0 Å². The Hall–Kier alpha value is -1.93. The van der Waals surface area contributed by atoms with Crippen molar-refractivity contribution in [3.8, 4) is 0 Å². The Morgan fingerprint density at radius 2 is 2.33 bits per heavy atom. The molecular weight excluding hydrogens is 292 g/mol. The summed E-state index contributed by atoms with van der Waals surface area (Å²) in [5.74, 6) is -0.319. The van der Waals surface area contributed by atoms with Crippen LogP contribution in [0.5, 0.6) is 0 Å². The largest absolute Gasteiger partial charge is 0.480 e. The van der Waals surface area contributed by atoms with Gasteiger partial charge in [-0.2, -0.15) is 0 Å². The van der Waals surface area contributed by atoms with E-state index < -0.39 is 5.97 Å². The number of carboxylic acid groups (broad SMARTS) is 1. The molecule has 1 atom stereocenters. The van der Waals surface area contributed by atoms with Gasteiger partial charge in [-0.05, 0) is 28.0 Å². The number of aromatic nitrogens is 4. The zero-order valence-electron chi connectivity index (χ0n) is 11.2. The lowest BCUT2D eigenvalue weighted by Crippen LogP contribution is -2.18. The molecule has 1 unspecified atom stereocenters. The molecule has 8 heteroatoms. The molecule has 2 aromatic rings. The molecule has 1 aliphatic heterocycles. The third kappa shape index (κ3) is 3.22. The van der Waals surface area contributed by atoms with Gasteiger partial charge in [0, 0.05) is 5.75 Å². The van der Waals surface area contributed by atoms with Crippen LogP contribution in [0.3, 0.4) is 0 Å². The zero-order valence-corrected chi connectivity index (χ0v) is 12.0. The van der Waals surface area contributed by atoms with E-state index >= 15 is 0 Å². The molecule has 0 bridgehead atoms. The van der Waals surface area contributed by atoms with E-state index in [2.05, 4.69) is 27.7 Å². The molecule has 3 rings (SSSR count). The summed E-state index contributed by atoms with van der Waals surface area (Å²) in [6, 6.07) is 8.21. The smallest absolute Gasteiger partial charge is 0.325 e. The highest BCUT2D eigenvalue weighted by Crippen LogP contribution is 2.31. The zero-order chi connectivity index (χ0) is 14.7. The van der Waals surface area contributed by atoms with Gasteiger partial charge in [-0.1, -0.05) is 36.0 Å². The van der Waals surface area contributed by atoms with Gasteiger partial charge in [-0.15, -0.1) is 5.10 Å². The Labute approximate surface area is 125 Å². The number of tetrazole rings is 1. The monoisotopic (exact) mass is 306 g/mol. The van der Waals surface area contributed by atoms with E-state index in [-0.39, 0.29) is 12.6 Å². The van der Waals surface area contributed by atoms with Crippen LogP contribution < -0.4 is 0 Å². The lowest BCUT2D eigenvalue weighted by Gasteiger charge is -2.25. The van der Waals surface area contributed by atoms with Crippen LogP contribution in [0.25, 0.3) is 0 Å². The van der Waals surface area contributed by atoms with E-state index in [1.165, 1.54) is 27.6 Å². The summed E-state index contributed by atoms with van der Waals surface area (Å²) in [6.45, 7) is 0.458. The van der Waals surface area contributed by atoms with E-state index in [0.29, 0.717) is 17.5 Å². The van der Waals surface area contributed by atoms with Crippen LogP contribution in [0.2, 0.25) is 0 Å². The first kappa shape index (κ1) is 14.0. The van der Waals surface area contributed by atoms with E-state index in [9.17, 15) is 4.79 Å². The van der Waals surface area contributed by atoms with Crippen molar-refractivity contribution in [2.24, 2.45) is 0 Å². The molecule has 0 saturated carbocycles. The minimum atomic E-state index is -0.969. The lowest BCUT2D eigenvalue weighted by molar-refractivity contribution is -0.138. The third-order valence-corrected chi connectivity index (χ3v) is 4.26. The van der Waals surface area contributed by atoms with Gasteiger partial charge in [0.2, 0.25) is 5.16 Å². The fourth-order valence-electron chi connectivity index (χ4n) is 2.29. The van der Waals surface area contributed by atoms with Crippen LogP contribution in [0.15, 0.2) is 29.4 Å². The molecule has 1 N–H and O–H groups in total. The van der Waals surface area contributed by atoms with Crippen LogP contribution in [-0.4, -0.2) is 43.6 Å². The standard InChI is InChI=1S/C13H14N4O3S/c18-12(19)7-17-13(14-15-16-17)21-8-11-10-4-2-1-3-9(10)5-6-20-11/h1-4,11H,5-8H2,(H,18,19). The molecular formula is C13H14N4O3S. The molecule has 0 radical (unpaired) electrons. The first-order valence-electron chi connectivity index (χ1n) is 6.54. The fraction of sp³-hybridized carbons (Fsp3) is 0.385. The second-order valence-corrected chi connectivity index (χ2v) is 5.62. The number of fused-ring (bicyclic) bond motifs is 1. The van der Waals surface area contributed by atoms with Gasteiger partial charge >= 0.3 is 5.97 Å². The van der Waals surface area contributed by atoms with Gasteiger partial charge in [0.25, 0.3) is 0 Å². The number of thioether (sulfide) groups is 1. The summed E-state index contributed by atoms with van der Waals surface area (Å²) in [7, 11) is 0. The number of carboxylic acids is 1. The number of nitrogens with zero attached hydrogens (tertiary/aromatic N) is 4. The van der Waals surface area contributed by atoms with Crippen molar-refractivity contribution in [2.45, 2.75) is 24.2 Å². The van der Waals surface area contributed by atoms with Crippen molar-refractivity contribution in [3.05, 3.63) is 35.4 Å². The second kappa shape index (κ2) is 6.23. The molecule has 110 valence electrons. The maximum atomic E-state index is 10.7. The van der Waals surface area contributed by atoms with Crippen molar-refractivity contribution in [1.29, 1.82) is 0 Å². The SMILES string of the molecule is O=C(O)Cn1nnnc1SCC1OCCc2ccccc21. The van der Waals surface area contributed by atoms with Gasteiger partial charge in [0.05, 0.1) is 12.7 Å². The third-order valence-electron chi connectivity index (χ3n) is 3.24. The maximum absolute atomic E-state index is 10.7. The second-order valence-electron chi connectivity index (χ2n) is 4.63. The number of benzene rings is 1. The molecule has 21 heavy (non-hydrogen) atoms. The number of carbonyl (C=O) groups is 1. The average Bonchev–Trinajstić information content (AvgIpc) is 2.91. The number of hydrogen-bond donors (Lipinski definition) is 1. The van der Waals surface area contributed by atoms with E-state index in [1.807, 2.05) is 12.1 Å². The average molecular weight is 306 g/mol. The Bertz CT molecular complexity index is 646. The minimum Gasteiger partial charge on any atom is -0.480 e. The number of aliphatic carboxylic acids is 1. The lowest BCUT2D eigenvalue weighted by atomic mass is 9.99. The number of hydrogen-bond acceptors (Lipinski definition) is 6. The normalized spacial score (nSPS) is 17.4. The molecule has 2 heterocycles. The highest BCUT2D eigenvalue weighted by molar-refractivity contribution is 7.99. The minimum absolute atomic E-state index is 0.0186. The summed E-state index contributed by atoms with van der Waals surface area (Å²) in [6.07, 6.45) is 0.906. The Balaban J connectivity index is 1.69. The molecule has 0 amide bonds. The fourth-order valence-corrected chi connectivity index (χ4v) is 3.21. The van der Waals surface area contributed by atoms with Crippen LogP contribution >= 0.6 is 11.8 Å². The number of ether oxygens (including phenoxy) is 1. The van der Waals surface area contributed by atoms with Gasteiger partial charge in [-0.3, -0.25) is 4.79 Å². The molecule has 1 aromatic carbocycles. The van der Waals surface area contributed by atoms with E-state index in [4.69, 9.17) is 9.84 Å². The highest BCUT2D eigenvalue weighted by Gasteiger charge is 2.22. The summed E-state index contributed by atoms with van der Waals surface area (Å²) >= 11 is 1.40. The van der Waals surface area contributed by atoms with Crippen molar-refractivity contribution < 1.29 is 14.6 Å². The molecule has 1 aliphatic rings. The van der Waals surface area contributed by atoms with E-state index in [0.717, 1.165) is 6.42 Å². The summed E-state index contributed by atoms with van der Waals surface area (Å²) in [5, 5.41) is 20.4. The van der Waals surface area contributed by atoms with Crippen LogP contribution in [-0.2, 0) is 22.5 Å². The summed E-state index contributed by atoms with van der Waals surface area (Å²) in [5.41, 5.74) is 2.49. The Morgan fingerprint density at radius 1 is 1.48 bits per heavy atom. The quantitative estimate of drug-likeness (QED) is 0.829.